The van der Waals surface area contributed by atoms with Crippen molar-refractivity contribution in [1.29, 1.82) is 0 Å². The summed E-state index contributed by atoms with van der Waals surface area (Å²) in [5.41, 5.74) is 1.61. The van der Waals surface area contributed by atoms with E-state index in [9.17, 15) is 0 Å². The van der Waals surface area contributed by atoms with Crippen molar-refractivity contribution < 1.29 is 9.47 Å². The molecule has 2 aromatic carbocycles. The van der Waals surface area contributed by atoms with Gasteiger partial charge in [0, 0.05) is 18.7 Å². The highest BCUT2D eigenvalue weighted by Crippen LogP contribution is 2.36. The highest BCUT2D eigenvalue weighted by molar-refractivity contribution is 6.42. The van der Waals surface area contributed by atoms with Crippen LogP contribution in [0.25, 0.3) is 0 Å². The average molecular weight is 347 g/mol. The molecule has 2 aromatic rings. The molecule has 0 bridgehead atoms. The van der Waals surface area contributed by atoms with E-state index in [1.807, 2.05) is 12.1 Å². The summed E-state index contributed by atoms with van der Waals surface area (Å²) in [7, 11) is 3.14. The lowest BCUT2D eigenvalue weighted by molar-refractivity contribution is 0.355. The van der Waals surface area contributed by atoms with E-state index in [1.165, 1.54) is 0 Å². The molecular formula is C15H14Cl3NO2. The van der Waals surface area contributed by atoms with Gasteiger partial charge in [0.15, 0.2) is 11.5 Å². The maximum absolute atomic E-state index is 6.22. The molecule has 0 amide bonds. The molecule has 0 unspecified atom stereocenters. The van der Waals surface area contributed by atoms with Crippen LogP contribution in [0, 0.1) is 0 Å². The number of rotatable bonds is 5. The Kier molecular flexibility index (Phi) is 5.45. The molecule has 0 fully saturated rings. The number of hydrogen-bond acceptors (Lipinski definition) is 3. The Morgan fingerprint density at radius 3 is 2.29 bits per heavy atom. The van der Waals surface area contributed by atoms with Crippen LogP contribution in [0.2, 0.25) is 15.1 Å². The van der Waals surface area contributed by atoms with E-state index < -0.39 is 0 Å². The van der Waals surface area contributed by atoms with Crippen LogP contribution in [0.15, 0.2) is 30.3 Å². The van der Waals surface area contributed by atoms with Crippen LogP contribution in [0.3, 0.4) is 0 Å². The topological polar surface area (TPSA) is 30.5 Å². The minimum atomic E-state index is 0.495. The SMILES string of the molecule is COc1cc(Cl)c(NCc2cccc(Cl)c2Cl)cc1OC. The number of hydrogen-bond donors (Lipinski definition) is 1. The normalized spacial score (nSPS) is 10.3. The zero-order chi connectivity index (χ0) is 15.4. The molecule has 0 heterocycles. The van der Waals surface area contributed by atoms with Crippen LogP contribution in [0.1, 0.15) is 5.56 Å². The Balaban J connectivity index is 2.22. The number of benzene rings is 2. The molecule has 0 saturated heterocycles. The molecule has 0 spiro atoms. The summed E-state index contributed by atoms with van der Waals surface area (Å²) in [4.78, 5) is 0. The van der Waals surface area contributed by atoms with Gasteiger partial charge in [0.2, 0.25) is 0 Å². The summed E-state index contributed by atoms with van der Waals surface area (Å²) in [6.45, 7) is 0.495. The van der Waals surface area contributed by atoms with E-state index in [1.54, 1.807) is 32.4 Å². The van der Waals surface area contributed by atoms with E-state index in [0.717, 1.165) is 11.3 Å². The Bertz CT molecular complexity index is 647. The third-order valence-corrected chi connectivity index (χ3v) is 4.14. The standard InChI is InChI=1S/C15H14Cl3NO2/c1-20-13-6-11(17)12(7-14(13)21-2)19-8-9-4-3-5-10(16)15(9)18/h3-7,19H,8H2,1-2H3. The van der Waals surface area contributed by atoms with Gasteiger partial charge in [0.25, 0.3) is 0 Å². The van der Waals surface area contributed by atoms with Crippen molar-refractivity contribution in [2.24, 2.45) is 0 Å². The molecule has 0 aromatic heterocycles. The summed E-state index contributed by atoms with van der Waals surface area (Å²) in [5, 5.41) is 4.80. The number of anilines is 1. The van der Waals surface area contributed by atoms with Crippen LogP contribution >= 0.6 is 34.8 Å². The molecule has 0 aliphatic carbocycles. The third kappa shape index (κ3) is 3.67. The zero-order valence-electron chi connectivity index (χ0n) is 11.5. The predicted octanol–water partition coefficient (Wildman–Crippen LogP) is 5.28. The second kappa shape index (κ2) is 7.12. The van der Waals surface area contributed by atoms with Crippen LogP contribution < -0.4 is 14.8 Å². The van der Waals surface area contributed by atoms with Crippen molar-refractivity contribution in [2.45, 2.75) is 6.54 Å². The molecule has 6 heteroatoms. The highest BCUT2D eigenvalue weighted by Gasteiger charge is 2.10. The number of halogens is 3. The minimum absolute atomic E-state index is 0.495. The smallest absolute Gasteiger partial charge is 0.162 e. The monoisotopic (exact) mass is 345 g/mol. The Morgan fingerprint density at radius 2 is 1.62 bits per heavy atom. The first-order valence-electron chi connectivity index (χ1n) is 6.15. The lowest BCUT2D eigenvalue weighted by Gasteiger charge is -2.14. The first-order chi connectivity index (χ1) is 10.1. The van der Waals surface area contributed by atoms with E-state index >= 15 is 0 Å². The summed E-state index contributed by atoms with van der Waals surface area (Å²) in [6.07, 6.45) is 0. The zero-order valence-corrected chi connectivity index (χ0v) is 13.8. The number of methoxy groups -OCH3 is 2. The Labute approximate surface area is 138 Å². The average Bonchev–Trinajstić information content (AvgIpc) is 2.49. The fourth-order valence-corrected chi connectivity index (χ4v) is 2.47. The third-order valence-electron chi connectivity index (χ3n) is 2.97. The number of nitrogens with one attached hydrogen (secondary N) is 1. The maximum atomic E-state index is 6.22. The highest BCUT2D eigenvalue weighted by atomic mass is 35.5. The fraction of sp³-hybridized carbons (Fsp3) is 0.200. The fourth-order valence-electron chi connectivity index (χ4n) is 1.87. The van der Waals surface area contributed by atoms with Gasteiger partial charge in [-0.3, -0.25) is 0 Å². The van der Waals surface area contributed by atoms with E-state index in [0.29, 0.717) is 33.1 Å². The molecule has 21 heavy (non-hydrogen) atoms. The molecule has 3 nitrogen and oxygen atoms in total. The van der Waals surface area contributed by atoms with Gasteiger partial charge in [-0.05, 0) is 11.6 Å². The summed E-state index contributed by atoms with van der Waals surface area (Å²) in [5.74, 6) is 1.18. The second-order valence-corrected chi connectivity index (χ2v) is 5.45. The van der Waals surface area contributed by atoms with E-state index in [-0.39, 0.29) is 0 Å². The molecule has 0 aliphatic rings. The van der Waals surface area contributed by atoms with Gasteiger partial charge in [-0.2, -0.15) is 0 Å². The van der Waals surface area contributed by atoms with Crippen molar-refractivity contribution in [2.75, 3.05) is 19.5 Å². The van der Waals surface area contributed by atoms with Crippen molar-refractivity contribution in [3.8, 4) is 11.5 Å². The number of ether oxygens (including phenoxy) is 2. The molecule has 0 aliphatic heterocycles. The second-order valence-electron chi connectivity index (χ2n) is 4.25. The Hall–Kier alpha value is -1.29. The summed E-state index contributed by atoms with van der Waals surface area (Å²) < 4.78 is 10.4. The molecule has 0 saturated carbocycles. The van der Waals surface area contributed by atoms with E-state index in [4.69, 9.17) is 44.3 Å². The van der Waals surface area contributed by atoms with Gasteiger partial charge in [-0.1, -0.05) is 46.9 Å². The lowest BCUT2D eigenvalue weighted by Crippen LogP contribution is -2.02. The van der Waals surface area contributed by atoms with Gasteiger partial charge >= 0.3 is 0 Å². The molecule has 1 N–H and O–H groups in total. The molecule has 0 atom stereocenters. The van der Waals surface area contributed by atoms with Crippen LogP contribution in [0.4, 0.5) is 5.69 Å². The quantitative estimate of drug-likeness (QED) is 0.799. The van der Waals surface area contributed by atoms with Gasteiger partial charge in [0.05, 0.1) is 35.0 Å². The van der Waals surface area contributed by atoms with Gasteiger partial charge in [-0.25, -0.2) is 0 Å². The van der Waals surface area contributed by atoms with Crippen molar-refractivity contribution in [1.82, 2.24) is 0 Å². The van der Waals surface area contributed by atoms with Crippen molar-refractivity contribution in [3.63, 3.8) is 0 Å². The lowest BCUT2D eigenvalue weighted by atomic mass is 10.2. The first kappa shape index (κ1) is 16.1. The predicted molar refractivity (Wildman–Crippen MR) is 88.3 cm³/mol. The van der Waals surface area contributed by atoms with Crippen molar-refractivity contribution >= 4 is 40.5 Å². The molecular weight excluding hydrogens is 333 g/mol. The molecule has 0 radical (unpaired) electrons. The first-order valence-corrected chi connectivity index (χ1v) is 7.28. The minimum Gasteiger partial charge on any atom is -0.493 e. The Morgan fingerprint density at radius 1 is 0.952 bits per heavy atom. The largest absolute Gasteiger partial charge is 0.493 e. The van der Waals surface area contributed by atoms with Crippen LogP contribution in [-0.2, 0) is 6.54 Å². The maximum Gasteiger partial charge on any atom is 0.162 e. The van der Waals surface area contributed by atoms with Crippen molar-refractivity contribution in [3.05, 3.63) is 51.0 Å². The van der Waals surface area contributed by atoms with Crippen LogP contribution in [0.5, 0.6) is 11.5 Å². The summed E-state index contributed by atoms with van der Waals surface area (Å²) in [6, 6.07) is 8.97. The van der Waals surface area contributed by atoms with Gasteiger partial charge in [-0.15, -0.1) is 0 Å². The molecule has 2 rings (SSSR count). The van der Waals surface area contributed by atoms with Gasteiger partial charge < -0.3 is 14.8 Å². The molecule has 112 valence electrons. The van der Waals surface area contributed by atoms with Crippen LogP contribution in [-0.4, -0.2) is 14.2 Å². The van der Waals surface area contributed by atoms with Gasteiger partial charge in [0.1, 0.15) is 0 Å². The van der Waals surface area contributed by atoms with E-state index in [2.05, 4.69) is 5.32 Å². The summed E-state index contributed by atoms with van der Waals surface area (Å²) >= 11 is 18.4.